The second-order valence-corrected chi connectivity index (χ2v) is 5.32. The number of benzene rings is 1. The van der Waals surface area contributed by atoms with E-state index in [-0.39, 0.29) is 0 Å². The molecule has 1 aromatic heterocycles. The molecule has 0 amide bonds. The lowest BCUT2D eigenvalue weighted by molar-refractivity contribution is 0.499. The van der Waals surface area contributed by atoms with Crippen molar-refractivity contribution in [2.45, 2.75) is 32.2 Å². The van der Waals surface area contributed by atoms with Gasteiger partial charge in [-0.3, -0.25) is 0 Å². The van der Waals surface area contributed by atoms with Gasteiger partial charge in [0.1, 0.15) is 0 Å². The highest BCUT2D eigenvalue weighted by Gasteiger charge is 2.09. The van der Waals surface area contributed by atoms with Crippen molar-refractivity contribution in [3.63, 3.8) is 0 Å². The lowest BCUT2D eigenvalue weighted by atomic mass is 10.0. The van der Waals surface area contributed by atoms with Gasteiger partial charge in [-0.15, -0.1) is 0 Å². The van der Waals surface area contributed by atoms with Gasteiger partial charge in [-0.1, -0.05) is 37.3 Å². The van der Waals surface area contributed by atoms with Crippen LogP contribution < -0.4 is 5.32 Å². The van der Waals surface area contributed by atoms with Crippen LogP contribution in [0.3, 0.4) is 0 Å². The third-order valence-corrected chi connectivity index (χ3v) is 3.90. The fourth-order valence-corrected chi connectivity index (χ4v) is 2.98. The molecule has 0 saturated heterocycles. The molecule has 0 saturated carbocycles. The summed E-state index contributed by atoms with van der Waals surface area (Å²) in [6.07, 6.45) is 3.61. The van der Waals surface area contributed by atoms with Crippen molar-refractivity contribution >= 4 is 11.3 Å². The van der Waals surface area contributed by atoms with E-state index in [1.54, 1.807) is 11.3 Å². The minimum Gasteiger partial charge on any atom is -0.310 e. The molecule has 1 heterocycles. The lowest BCUT2D eigenvalue weighted by Gasteiger charge is -2.16. The van der Waals surface area contributed by atoms with Gasteiger partial charge < -0.3 is 5.32 Å². The maximum absolute atomic E-state index is 3.58. The number of aryl methyl sites for hydroxylation is 1. The standard InChI is InChI=1S/C16H21NS/c1-2-17-16(15-11-12-18-13-15)10-6-9-14-7-4-3-5-8-14/h3-5,7-8,11-13,16-17H,2,6,9-10H2,1H3. The number of hydrogen-bond donors (Lipinski definition) is 1. The first kappa shape index (κ1) is 13.3. The van der Waals surface area contributed by atoms with E-state index >= 15 is 0 Å². The fourth-order valence-electron chi connectivity index (χ4n) is 2.26. The first-order chi connectivity index (χ1) is 8.90. The molecule has 0 aliphatic heterocycles. The molecule has 0 aliphatic carbocycles. The molecule has 0 bridgehead atoms. The molecule has 96 valence electrons. The Balaban J connectivity index is 1.83. The van der Waals surface area contributed by atoms with Gasteiger partial charge in [0.2, 0.25) is 0 Å². The molecule has 2 rings (SSSR count). The zero-order chi connectivity index (χ0) is 12.6. The highest BCUT2D eigenvalue weighted by molar-refractivity contribution is 7.07. The van der Waals surface area contributed by atoms with Crippen LogP contribution in [0.4, 0.5) is 0 Å². The molecule has 0 radical (unpaired) electrons. The van der Waals surface area contributed by atoms with Gasteiger partial charge >= 0.3 is 0 Å². The summed E-state index contributed by atoms with van der Waals surface area (Å²) in [5.41, 5.74) is 2.88. The van der Waals surface area contributed by atoms with Gasteiger partial charge in [0.05, 0.1) is 0 Å². The molecule has 1 nitrogen and oxygen atoms in total. The van der Waals surface area contributed by atoms with E-state index in [4.69, 9.17) is 0 Å². The first-order valence-electron chi connectivity index (χ1n) is 6.69. The molecular formula is C16H21NS. The Morgan fingerprint density at radius 3 is 2.67 bits per heavy atom. The summed E-state index contributed by atoms with van der Waals surface area (Å²) in [7, 11) is 0. The predicted octanol–water partition coefficient (Wildman–Crippen LogP) is 4.42. The van der Waals surface area contributed by atoms with Crippen LogP contribution in [0, 0.1) is 0 Å². The van der Waals surface area contributed by atoms with Gasteiger partial charge in [-0.25, -0.2) is 0 Å². The maximum Gasteiger partial charge on any atom is 0.0328 e. The van der Waals surface area contributed by atoms with Crippen molar-refractivity contribution in [3.05, 3.63) is 58.3 Å². The summed E-state index contributed by atoms with van der Waals surface area (Å²) in [6.45, 7) is 3.21. The van der Waals surface area contributed by atoms with Gasteiger partial charge in [0.15, 0.2) is 0 Å². The third kappa shape index (κ3) is 3.97. The molecule has 18 heavy (non-hydrogen) atoms. The first-order valence-corrected chi connectivity index (χ1v) is 7.64. The van der Waals surface area contributed by atoms with Crippen LogP contribution in [0.15, 0.2) is 47.2 Å². The van der Waals surface area contributed by atoms with E-state index in [2.05, 4.69) is 59.4 Å². The summed E-state index contributed by atoms with van der Waals surface area (Å²) < 4.78 is 0. The quantitative estimate of drug-likeness (QED) is 0.776. The molecule has 1 atom stereocenters. The second kappa shape index (κ2) is 7.34. The van der Waals surface area contributed by atoms with Gasteiger partial charge in [-0.2, -0.15) is 11.3 Å². The highest BCUT2D eigenvalue weighted by Crippen LogP contribution is 2.21. The summed E-state index contributed by atoms with van der Waals surface area (Å²) in [6, 6.07) is 13.5. The summed E-state index contributed by atoms with van der Waals surface area (Å²) >= 11 is 1.78. The van der Waals surface area contributed by atoms with Gasteiger partial charge in [0, 0.05) is 6.04 Å². The molecule has 0 aliphatic rings. The Morgan fingerprint density at radius 1 is 1.17 bits per heavy atom. The average molecular weight is 259 g/mol. The number of nitrogens with one attached hydrogen (secondary N) is 1. The van der Waals surface area contributed by atoms with E-state index in [9.17, 15) is 0 Å². The minimum atomic E-state index is 0.518. The molecule has 1 N–H and O–H groups in total. The van der Waals surface area contributed by atoms with E-state index in [0.717, 1.165) is 6.54 Å². The maximum atomic E-state index is 3.58. The monoisotopic (exact) mass is 259 g/mol. The fraction of sp³-hybridized carbons (Fsp3) is 0.375. The van der Waals surface area contributed by atoms with E-state index < -0.39 is 0 Å². The minimum absolute atomic E-state index is 0.518. The van der Waals surface area contributed by atoms with Crippen LogP contribution in [0.5, 0.6) is 0 Å². The van der Waals surface area contributed by atoms with E-state index in [1.807, 2.05) is 0 Å². The SMILES string of the molecule is CCNC(CCCc1ccccc1)c1ccsc1. The summed E-state index contributed by atoms with van der Waals surface area (Å²) in [4.78, 5) is 0. The van der Waals surface area contributed by atoms with Crippen molar-refractivity contribution in [1.82, 2.24) is 5.32 Å². The van der Waals surface area contributed by atoms with Crippen molar-refractivity contribution in [3.8, 4) is 0 Å². The smallest absolute Gasteiger partial charge is 0.0328 e. The van der Waals surface area contributed by atoms with E-state index in [0.29, 0.717) is 6.04 Å². The topological polar surface area (TPSA) is 12.0 Å². The van der Waals surface area contributed by atoms with Gasteiger partial charge in [0.25, 0.3) is 0 Å². The Hall–Kier alpha value is -1.12. The predicted molar refractivity (Wildman–Crippen MR) is 80.1 cm³/mol. The Kier molecular flexibility index (Phi) is 5.43. The van der Waals surface area contributed by atoms with Crippen LogP contribution in [0.1, 0.15) is 36.9 Å². The van der Waals surface area contributed by atoms with Crippen LogP contribution >= 0.6 is 11.3 Å². The number of thiophene rings is 1. The molecule has 2 aromatic rings. The summed E-state index contributed by atoms with van der Waals surface area (Å²) in [5.74, 6) is 0. The molecular weight excluding hydrogens is 238 g/mol. The van der Waals surface area contributed by atoms with Crippen LogP contribution in [0.2, 0.25) is 0 Å². The molecule has 1 aromatic carbocycles. The normalized spacial score (nSPS) is 12.5. The molecule has 0 fully saturated rings. The van der Waals surface area contributed by atoms with E-state index in [1.165, 1.54) is 30.4 Å². The molecule has 2 heteroatoms. The zero-order valence-corrected chi connectivity index (χ0v) is 11.7. The highest BCUT2D eigenvalue weighted by atomic mass is 32.1. The van der Waals surface area contributed by atoms with Crippen LogP contribution in [-0.4, -0.2) is 6.54 Å². The lowest BCUT2D eigenvalue weighted by Crippen LogP contribution is -2.20. The number of hydrogen-bond acceptors (Lipinski definition) is 2. The van der Waals surface area contributed by atoms with Crippen molar-refractivity contribution in [2.24, 2.45) is 0 Å². The average Bonchev–Trinajstić information content (AvgIpc) is 2.93. The largest absolute Gasteiger partial charge is 0.310 e. The third-order valence-electron chi connectivity index (χ3n) is 3.20. The van der Waals surface area contributed by atoms with Crippen LogP contribution in [-0.2, 0) is 6.42 Å². The Morgan fingerprint density at radius 2 is 2.00 bits per heavy atom. The zero-order valence-electron chi connectivity index (χ0n) is 10.9. The number of rotatable bonds is 7. The van der Waals surface area contributed by atoms with Crippen LogP contribution in [0.25, 0.3) is 0 Å². The Labute approximate surface area is 114 Å². The van der Waals surface area contributed by atoms with Crippen molar-refractivity contribution in [2.75, 3.05) is 6.54 Å². The molecule has 0 spiro atoms. The van der Waals surface area contributed by atoms with Crippen molar-refractivity contribution < 1.29 is 0 Å². The second-order valence-electron chi connectivity index (χ2n) is 4.54. The summed E-state index contributed by atoms with van der Waals surface area (Å²) in [5, 5.41) is 8.00. The Bertz CT molecular complexity index is 422. The molecule has 1 unspecified atom stereocenters. The van der Waals surface area contributed by atoms with Crippen molar-refractivity contribution in [1.29, 1.82) is 0 Å². The van der Waals surface area contributed by atoms with Gasteiger partial charge in [-0.05, 0) is 53.8 Å².